The van der Waals surface area contributed by atoms with Gasteiger partial charge >= 0.3 is 6.09 Å². The Morgan fingerprint density at radius 1 is 1.03 bits per heavy atom. The zero-order valence-corrected chi connectivity index (χ0v) is 21.5. The van der Waals surface area contributed by atoms with Crippen molar-refractivity contribution in [3.63, 3.8) is 0 Å². The van der Waals surface area contributed by atoms with Crippen LogP contribution in [-0.4, -0.2) is 35.1 Å². The van der Waals surface area contributed by atoms with E-state index in [-0.39, 0.29) is 11.9 Å². The number of hydrogen-bond donors (Lipinski definition) is 1. The highest BCUT2D eigenvalue weighted by Crippen LogP contribution is 2.35. The van der Waals surface area contributed by atoms with E-state index in [1.165, 1.54) is 0 Å². The van der Waals surface area contributed by atoms with Gasteiger partial charge in [-0.1, -0.05) is 66.2 Å². The van der Waals surface area contributed by atoms with Crippen LogP contribution in [0.1, 0.15) is 49.9 Å². The van der Waals surface area contributed by atoms with Crippen LogP contribution < -0.4 is 10.1 Å². The highest BCUT2D eigenvalue weighted by Gasteiger charge is 2.39. The lowest BCUT2D eigenvalue weighted by Crippen LogP contribution is -2.44. The molecule has 1 aliphatic rings. The first-order valence-corrected chi connectivity index (χ1v) is 12.4. The molecule has 1 aliphatic heterocycles. The predicted octanol–water partition coefficient (Wildman–Crippen LogP) is 6.13. The molecule has 0 bridgehead atoms. The number of likely N-dealkylation sites (tertiary alicyclic amines) is 1. The van der Waals surface area contributed by atoms with Crippen molar-refractivity contribution < 1.29 is 19.1 Å². The lowest BCUT2D eigenvalue weighted by molar-refractivity contribution is -0.130. The Bertz CT molecular complexity index is 1210. The Hall–Kier alpha value is -3.51. The molecule has 0 aliphatic carbocycles. The van der Waals surface area contributed by atoms with Crippen molar-refractivity contribution in [2.75, 3.05) is 6.54 Å². The molecule has 3 aromatic rings. The highest BCUT2D eigenvalue weighted by atomic mass is 35.5. The maximum atomic E-state index is 13.5. The summed E-state index contributed by atoms with van der Waals surface area (Å²) >= 11 is 6.33. The Labute approximate surface area is 217 Å². The molecule has 1 saturated heterocycles. The molecule has 0 aromatic heterocycles. The second kappa shape index (κ2) is 11.0. The third kappa shape index (κ3) is 6.58. The first-order valence-electron chi connectivity index (χ1n) is 12.0. The number of benzene rings is 3. The summed E-state index contributed by atoms with van der Waals surface area (Å²) in [6.07, 6.45) is -0.113. The van der Waals surface area contributed by atoms with E-state index in [9.17, 15) is 9.59 Å². The van der Waals surface area contributed by atoms with Crippen LogP contribution in [0.3, 0.4) is 0 Å². The Morgan fingerprint density at radius 3 is 2.42 bits per heavy atom. The molecule has 0 spiro atoms. The molecule has 0 radical (unpaired) electrons. The Kier molecular flexibility index (Phi) is 7.85. The smallest absolute Gasteiger partial charge is 0.408 e. The van der Waals surface area contributed by atoms with Crippen LogP contribution in [0, 0.1) is 0 Å². The summed E-state index contributed by atoms with van der Waals surface area (Å²) in [5.74, 6) is 0.542. The number of ether oxygens (including phenoxy) is 2. The van der Waals surface area contributed by atoms with Gasteiger partial charge in [-0.3, -0.25) is 4.79 Å². The van der Waals surface area contributed by atoms with E-state index in [0.717, 1.165) is 16.7 Å². The van der Waals surface area contributed by atoms with Crippen molar-refractivity contribution >= 4 is 23.6 Å². The van der Waals surface area contributed by atoms with Crippen LogP contribution in [0.25, 0.3) is 0 Å². The molecule has 3 aromatic carbocycles. The fraction of sp³-hybridized carbons (Fsp3) is 0.310. The zero-order valence-electron chi connectivity index (χ0n) is 20.7. The van der Waals surface area contributed by atoms with E-state index < -0.39 is 17.7 Å². The van der Waals surface area contributed by atoms with Crippen LogP contribution in [0.4, 0.5) is 4.79 Å². The molecule has 2 atom stereocenters. The first-order chi connectivity index (χ1) is 17.2. The Morgan fingerprint density at radius 2 is 1.72 bits per heavy atom. The fourth-order valence-corrected chi connectivity index (χ4v) is 4.49. The molecule has 188 valence electrons. The van der Waals surface area contributed by atoms with Crippen molar-refractivity contribution in [3.05, 3.63) is 101 Å². The second-order valence-electron chi connectivity index (χ2n) is 9.82. The highest BCUT2D eigenvalue weighted by molar-refractivity contribution is 6.30. The molecule has 36 heavy (non-hydrogen) atoms. The maximum absolute atomic E-state index is 13.5. The standard InChI is InChI=1S/C29H31ClN2O4/c1-29(2,3)36-28(34)31-25-15-16-32(27(25)33)26(21-11-7-13-23(30)17-21)22-12-8-14-24(18-22)35-19-20-9-5-4-6-10-20/h4-14,17-18,25-26H,15-16,19H2,1-3H3,(H,31,34). The van der Waals surface area contributed by atoms with E-state index in [1.807, 2.05) is 72.8 Å². The van der Waals surface area contributed by atoms with Crippen LogP contribution in [-0.2, 0) is 16.1 Å². The van der Waals surface area contributed by atoms with Crippen LogP contribution in [0.2, 0.25) is 5.02 Å². The molecule has 6 nitrogen and oxygen atoms in total. The van der Waals surface area contributed by atoms with Crippen molar-refractivity contribution in [3.8, 4) is 5.75 Å². The quantitative estimate of drug-likeness (QED) is 0.418. The monoisotopic (exact) mass is 506 g/mol. The van der Waals surface area contributed by atoms with Gasteiger partial charge in [0, 0.05) is 11.6 Å². The number of carbonyl (C=O) groups excluding carboxylic acids is 2. The number of rotatable bonds is 7. The molecular formula is C29H31ClN2O4. The van der Waals surface area contributed by atoms with Crippen LogP contribution in [0.15, 0.2) is 78.9 Å². The summed E-state index contributed by atoms with van der Waals surface area (Å²) in [6.45, 7) is 6.29. The van der Waals surface area contributed by atoms with Crippen molar-refractivity contribution in [1.82, 2.24) is 10.2 Å². The van der Waals surface area contributed by atoms with E-state index in [4.69, 9.17) is 21.1 Å². The van der Waals surface area contributed by atoms with Crippen LogP contribution >= 0.6 is 11.6 Å². The SMILES string of the molecule is CC(C)(C)OC(=O)NC1CCN(C(c2cccc(Cl)c2)c2cccc(OCc3ccccc3)c2)C1=O. The van der Waals surface area contributed by atoms with Gasteiger partial charge in [-0.15, -0.1) is 0 Å². The van der Waals surface area contributed by atoms with Gasteiger partial charge in [-0.05, 0) is 68.1 Å². The molecular weight excluding hydrogens is 476 g/mol. The van der Waals surface area contributed by atoms with Crippen LogP contribution in [0.5, 0.6) is 5.75 Å². The van der Waals surface area contributed by atoms with E-state index in [2.05, 4.69) is 5.32 Å². The van der Waals surface area contributed by atoms with Gasteiger partial charge in [0.1, 0.15) is 24.0 Å². The third-order valence-corrected chi connectivity index (χ3v) is 6.06. The molecule has 2 amide bonds. The fourth-order valence-electron chi connectivity index (χ4n) is 4.29. The summed E-state index contributed by atoms with van der Waals surface area (Å²) < 4.78 is 11.4. The molecule has 1 N–H and O–H groups in total. The minimum absolute atomic E-state index is 0.165. The number of halogens is 1. The normalized spacial score (nSPS) is 16.5. The topological polar surface area (TPSA) is 67.9 Å². The molecule has 4 rings (SSSR count). The van der Waals surface area contributed by atoms with E-state index in [1.54, 1.807) is 31.7 Å². The number of amides is 2. The summed E-state index contributed by atoms with van der Waals surface area (Å²) in [6, 6.07) is 24.2. The van der Waals surface area contributed by atoms with Gasteiger partial charge in [-0.2, -0.15) is 0 Å². The van der Waals surface area contributed by atoms with Crippen molar-refractivity contribution in [2.45, 2.75) is 51.5 Å². The first kappa shape index (κ1) is 25.6. The predicted molar refractivity (Wildman–Crippen MR) is 140 cm³/mol. The summed E-state index contributed by atoms with van der Waals surface area (Å²) in [7, 11) is 0. The zero-order chi connectivity index (χ0) is 25.7. The molecule has 1 heterocycles. The van der Waals surface area contributed by atoms with Gasteiger partial charge in [-0.25, -0.2) is 4.79 Å². The minimum Gasteiger partial charge on any atom is -0.489 e. The largest absolute Gasteiger partial charge is 0.489 e. The van der Waals surface area contributed by atoms with E-state index in [0.29, 0.717) is 30.3 Å². The number of alkyl carbamates (subject to hydrolysis) is 1. The third-order valence-electron chi connectivity index (χ3n) is 5.83. The second-order valence-corrected chi connectivity index (χ2v) is 10.3. The number of nitrogens with zero attached hydrogens (tertiary/aromatic N) is 1. The number of hydrogen-bond acceptors (Lipinski definition) is 4. The molecule has 7 heteroatoms. The summed E-state index contributed by atoms with van der Waals surface area (Å²) in [4.78, 5) is 27.6. The average molecular weight is 507 g/mol. The number of nitrogens with one attached hydrogen (secondary N) is 1. The van der Waals surface area contributed by atoms with E-state index >= 15 is 0 Å². The molecule has 0 saturated carbocycles. The van der Waals surface area contributed by atoms with Gasteiger partial charge in [0.05, 0.1) is 6.04 Å². The van der Waals surface area contributed by atoms with Gasteiger partial charge < -0.3 is 19.7 Å². The lowest BCUT2D eigenvalue weighted by Gasteiger charge is -2.30. The molecule has 1 fully saturated rings. The van der Waals surface area contributed by atoms with Gasteiger partial charge in [0.2, 0.25) is 5.91 Å². The van der Waals surface area contributed by atoms with Crippen molar-refractivity contribution in [2.24, 2.45) is 0 Å². The summed E-state index contributed by atoms with van der Waals surface area (Å²) in [5, 5.41) is 3.32. The average Bonchev–Trinajstić information content (AvgIpc) is 3.17. The Balaban J connectivity index is 1.58. The van der Waals surface area contributed by atoms with Crippen molar-refractivity contribution in [1.29, 1.82) is 0 Å². The van der Waals surface area contributed by atoms with Gasteiger partial charge in [0.15, 0.2) is 0 Å². The maximum Gasteiger partial charge on any atom is 0.408 e. The molecule has 2 unspecified atom stereocenters. The minimum atomic E-state index is -0.654. The summed E-state index contributed by atoms with van der Waals surface area (Å²) in [5.41, 5.74) is 2.21. The number of carbonyl (C=O) groups is 2. The van der Waals surface area contributed by atoms with Gasteiger partial charge in [0.25, 0.3) is 0 Å². The lowest BCUT2D eigenvalue weighted by atomic mass is 9.97.